The Morgan fingerprint density at radius 3 is 2.50 bits per heavy atom. The number of fused-ring (bicyclic) bond motifs is 1. The number of ether oxygens (including phenoxy) is 1. The lowest BCUT2D eigenvalue weighted by Gasteiger charge is -2.37. The summed E-state index contributed by atoms with van der Waals surface area (Å²) in [5.41, 5.74) is -0.131. The molecule has 2 amide bonds. The molecule has 0 aliphatic carbocycles. The number of carbonyl (C=O) groups excluding carboxylic acids is 2. The molecule has 7 nitrogen and oxygen atoms in total. The molecular weight excluding hydrogens is 396 g/mol. The van der Waals surface area contributed by atoms with Gasteiger partial charge >= 0.3 is 0 Å². The van der Waals surface area contributed by atoms with Gasteiger partial charge in [-0.2, -0.15) is 0 Å². The smallest absolute Gasteiger partial charge is 0.259 e. The fourth-order valence-electron chi connectivity index (χ4n) is 4.89. The van der Waals surface area contributed by atoms with Crippen molar-refractivity contribution in [1.29, 1.82) is 0 Å². The molecule has 1 unspecified atom stereocenters. The quantitative estimate of drug-likeness (QED) is 0.751. The number of amides is 2. The maximum Gasteiger partial charge on any atom is 0.259 e. The summed E-state index contributed by atoms with van der Waals surface area (Å²) in [6.45, 7) is 2.42. The monoisotopic (exact) mass is 417 g/mol. The first kappa shape index (κ1) is 19.2. The Bertz CT molecular complexity index is 995. The molecule has 0 radical (unpaired) electrons. The summed E-state index contributed by atoms with van der Waals surface area (Å²) < 4.78 is 38.6. The predicted octanol–water partition coefficient (Wildman–Crippen LogP) is 2.96. The van der Waals surface area contributed by atoms with Gasteiger partial charge in [0.1, 0.15) is 29.2 Å². The largest absolute Gasteiger partial charge is 0.361 e. The topological polar surface area (TPSA) is 75.9 Å². The van der Waals surface area contributed by atoms with Crippen molar-refractivity contribution in [3.8, 4) is 0 Å². The lowest BCUT2D eigenvalue weighted by molar-refractivity contribution is -0.142. The molecule has 2 atom stereocenters. The predicted molar refractivity (Wildman–Crippen MR) is 99.2 cm³/mol. The molecule has 3 fully saturated rings. The summed E-state index contributed by atoms with van der Waals surface area (Å²) in [4.78, 5) is 29.3. The standard InChI is InChI=1S/C21H21F2N3O4/c1-12-16(11-24-30-12)19(27)25-6-4-21(5-7-25)20(28)26-17(2-3-18(26)29-21)13-8-14(22)10-15(23)9-13/h8-11,17-18H,2-7H2,1H3/t17-,18?/m0/s1. The van der Waals surface area contributed by atoms with E-state index in [-0.39, 0.29) is 11.8 Å². The number of benzene rings is 1. The highest BCUT2D eigenvalue weighted by Gasteiger charge is 2.58. The van der Waals surface area contributed by atoms with Gasteiger partial charge in [0, 0.05) is 32.0 Å². The number of hydrogen-bond acceptors (Lipinski definition) is 5. The van der Waals surface area contributed by atoms with Crippen LogP contribution in [0.3, 0.4) is 0 Å². The molecule has 4 heterocycles. The van der Waals surface area contributed by atoms with Gasteiger partial charge in [0.25, 0.3) is 11.8 Å². The summed E-state index contributed by atoms with van der Waals surface area (Å²) in [5, 5.41) is 3.65. The van der Waals surface area contributed by atoms with Crippen molar-refractivity contribution in [3.05, 3.63) is 52.9 Å². The molecule has 30 heavy (non-hydrogen) atoms. The molecule has 0 saturated carbocycles. The summed E-state index contributed by atoms with van der Waals surface area (Å²) in [6.07, 6.45) is 2.94. The minimum atomic E-state index is -0.990. The highest BCUT2D eigenvalue weighted by Crippen LogP contribution is 2.47. The van der Waals surface area contributed by atoms with Crippen molar-refractivity contribution in [2.24, 2.45) is 0 Å². The molecule has 3 aliphatic heterocycles. The first-order valence-electron chi connectivity index (χ1n) is 10.1. The Balaban J connectivity index is 1.33. The Hall–Kier alpha value is -2.81. The van der Waals surface area contributed by atoms with Crippen LogP contribution in [0.25, 0.3) is 0 Å². The number of halogens is 2. The van der Waals surface area contributed by atoms with Crippen LogP contribution in [-0.2, 0) is 9.53 Å². The van der Waals surface area contributed by atoms with Gasteiger partial charge in [-0.3, -0.25) is 9.59 Å². The molecule has 0 N–H and O–H groups in total. The van der Waals surface area contributed by atoms with Gasteiger partial charge < -0.3 is 19.1 Å². The first-order valence-corrected chi connectivity index (χ1v) is 10.1. The van der Waals surface area contributed by atoms with E-state index < -0.39 is 29.5 Å². The molecule has 3 saturated heterocycles. The lowest BCUT2D eigenvalue weighted by atomic mass is 9.89. The van der Waals surface area contributed by atoms with Crippen LogP contribution in [0.1, 0.15) is 53.4 Å². The maximum atomic E-state index is 13.7. The zero-order valence-electron chi connectivity index (χ0n) is 16.4. The second-order valence-electron chi connectivity index (χ2n) is 8.16. The Morgan fingerprint density at radius 1 is 1.17 bits per heavy atom. The fraction of sp³-hybridized carbons (Fsp3) is 0.476. The van der Waals surface area contributed by atoms with Gasteiger partial charge in [-0.05, 0) is 37.5 Å². The van der Waals surface area contributed by atoms with E-state index in [4.69, 9.17) is 9.26 Å². The van der Waals surface area contributed by atoms with Gasteiger partial charge in [0.15, 0.2) is 5.60 Å². The van der Waals surface area contributed by atoms with E-state index in [1.54, 1.807) is 16.7 Å². The summed E-state index contributed by atoms with van der Waals surface area (Å²) in [5.74, 6) is -1.20. The van der Waals surface area contributed by atoms with Crippen LogP contribution in [0, 0.1) is 18.6 Å². The molecule has 158 valence electrons. The molecule has 0 bridgehead atoms. The van der Waals surface area contributed by atoms with Gasteiger partial charge in [-0.1, -0.05) is 5.16 Å². The maximum absolute atomic E-state index is 13.7. The van der Waals surface area contributed by atoms with E-state index in [2.05, 4.69) is 5.16 Å². The molecule has 1 aromatic carbocycles. The van der Waals surface area contributed by atoms with Crippen molar-refractivity contribution < 1.29 is 27.6 Å². The lowest BCUT2D eigenvalue weighted by Crippen LogP contribution is -2.51. The molecule has 3 aliphatic rings. The number of likely N-dealkylation sites (tertiary alicyclic amines) is 1. The number of nitrogens with zero attached hydrogens (tertiary/aromatic N) is 3. The van der Waals surface area contributed by atoms with Crippen LogP contribution >= 0.6 is 0 Å². The molecule has 5 rings (SSSR count). The van der Waals surface area contributed by atoms with Gasteiger partial charge in [0.05, 0.1) is 12.2 Å². The number of aryl methyl sites for hydroxylation is 1. The minimum absolute atomic E-state index is 0.159. The molecule has 1 aromatic heterocycles. The zero-order chi connectivity index (χ0) is 21.0. The second-order valence-corrected chi connectivity index (χ2v) is 8.16. The van der Waals surface area contributed by atoms with Gasteiger partial charge in [-0.15, -0.1) is 0 Å². The van der Waals surface area contributed by atoms with E-state index in [0.717, 1.165) is 6.07 Å². The van der Waals surface area contributed by atoms with E-state index in [1.807, 2.05) is 0 Å². The van der Waals surface area contributed by atoms with E-state index in [1.165, 1.54) is 18.3 Å². The van der Waals surface area contributed by atoms with Crippen molar-refractivity contribution in [1.82, 2.24) is 15.0 Å². The number of rotatable bonds is 2. The fourth-order valence-corrected chi connectivity index (χ4v) is 4.89. The Labute approximate surface area is 171 Å². The third-order valence-electron chi connectivity index (χ3n) is 6.43. The Kier molecular flexibility index (Phi) is 4.39. The molecular formula is C21H21F2N3O4. The number of carbonyl (C=O) groups is 2. The van der Waals surface area contributed by atoms with Crippen LogP contribution in [0.4, 0.5) is 8.78 Å². The van der Waals surface area contributed by atoms with Crippen molar-refractivity contribution in [2.45, 2.75) is 50.5 Å². The highest BCUT2D eigenvalue weighted by molar-refractivity contribution is 5.95. The van der Waals surface area contributed by atoms with Gasteiger partial charge in [0.2, 0.25) is 0 Å². The average molecular weight is 417 g/mol. The van der Waals surface area contributed by atoms with Crippen LogP contribution in [0.15, 0.2) is 28.9 Å². The number of hydrogen-bond donors (Lipinski definition) is 0. The Morgan fingerprint density at radius 2 is 1.87 bits per heavy atom. The zero-order valence-corrected chi connectivity index (χ0v) is 16.4. The van der Waals surface area contributed by atoms with Crippen molar-refractivity contribution in [2.75, 3.05) is 13.1 Å². The highest BCUT2D eigenvalue weighted by atomic mass is 19.1. The van der Waals surface area contributed by atoms with E-state index in [9.17, 15) is 18.4 Å². The second kappa shape index (κ2) is 6.87. The van der Waals surface area contributed by atoms with Crippen LogP contribution in [0.2, 0.25) is 0 Å². The van der Waals surface area contributed by atoms with Gasteiger partial charge in [-0.25, -0.2) is 8.78 Å². The molecule has 2 aromatic rings. The van der Waals surface area contributed by atoms with E-state index >= 15 is 0 Å². The number of aromatic nitrogens is 1. The summed E-state index contributed by atoms with van der Waals surface area (Å²) >= 11 is 0. The van der Waals surface area contributed by atoms with Crippen LogP contribution < -0.4 is 0 Å². The number of piperidine rings is 1. The first-order chi connectivity index (χ1) is 14.4. The minimum Gasteiger partial charge on any atom is -0.361 e. The summed E-state index contributed by atoms with van der Waals surface area (Å²) in [7, 11) is 0. The van der Waals surface area contributed by atoms with Crippen molar-refractivity contribution >= 4 is 11.8 Å². The SMILES string of the molecule is Cc1oncc1C(=O)N1CCC2(CC1)OC1CC[C@@H](c3cc(F)cc(F)c3)N1C2=O. The summed E-state index contributed by atoms with van der Waals surface area (Å²) in [6, 6.07) is 2.96. The average Bonchev–Trinajstić information content (AvgIpc) is 3.38. The third kappa shape index (κ3) is 2.91. The molecule has 1 spiro atoms. The van der Waals surface area contributed by atoms with E-state index in [0.29, 0.717) is 55.7 Å². The van der Waals surface area contributed by atoms with Crippen LogP contribution in [-0.4, -0.2) is 51.7 Å². The normalized spacial score (nSPS) is 25.2. The van der Waals surface area contributed by atoms with Crippen molar-refractivity contribution in [3.63, 3.8) is 0 Å². The third-order valence-corrected chi connectivity index (χ3v) is 6.43. The molecule has 9 heteroatoms. The van der Waals surface area contributed by atoms with Crippen LogP contribution in [0.5, 0.6) is 0 Å².